The Morgan fingerprint density at radius 1 is 1.15 bits per heavy atom. The van der Waals surface area contributed by atoms with Crippen LogP contribution in [0.15, 0.2) is 59.5 Å². The fraction of sp³-hybridized carbons (Fsp3) is 0.316. The number of ether oxygens (including phenoxy) is 1. The first-order valence-electron chi connectivity index (χ1n) is 8.44. The van der Waals surface area contributed by atoms with E-state index in [2.05, 4.69) is 0 Å². The van der Waals surface area contributed by atoms with Crippen LogP contribution >= 0.6 is 11.6 Å². The minimum absolute atomic E-state index is 0.160. The van der Waals surface area contributed by atoms with Gasteiger partial charge in [0.25, 0.3) is 0 Å². The summed E-state index contributed by atoms with van der Waals surface area (Å²) in [6, 6.07) is 14.7. The fourth-order valence-corrected chi connectivity index (χ4v) is 5.11. The van der Waals surface area contributed by atoms with Crippen molar-refractivity contribution in [3.05, 3.63) is 65.2 Å². The average Bonchev–Trinajstić information content (AvgIpc) is 3.09. The molecule has 0 radical (unpaired) electrons. The van der Waals surface area contributed by atoms with Crippen molar-refractivity contribution in [2.75, 3.05) is 13.2 Å². The van der Waals surface area contributed by atoms with E-state index in [9.17, 15) is 13.2 Å². The molecule has 0 bridgehead atoms. The zero-order valence-corrected chi connectivity index (χ0v) is 15.9. The Labute approximate surface area is 158 Å². The van der Waals surface area contributed by atoms with E-state index in [1.807, 2.05) is 30.3 Å². The van der Waals surface area contributed by atoms with Crippen LogP contribution in [0.3, 0.4) is 0 Å². The lowest BCUT2D eigenvalue weighted by Crippen LogP contribution is -2.34. The summed E-state index contributed by atoms with van der Waals surface area (Å²) in [7, 11) is -3.77. The Kier molecular flexibility index (Phi) is 5.65. The normalized spacial score (nSPS) is 20.8. The second-order valence-corrected chi connectivity index (χ2v) is 8.40. The summed E-state index contributed by atoms with van der Waals surface area (Å²) in [5, 5.41) is 0.467. The minimum Gasteiger partial charge on any atom is -0.466 e. The lowest BCUT2D eigenvalue weighted by molar-refractivity contribution is -0.148. The second-order valence-electron chi connectivity index (χ2n) is 6.07. The molecule has 0 saturated carbocycles. The van der Waals surface area contributed by atoms with Crippen molar-refractivity contribution in [1.82, 2.24) is 4.31 Å². The zero-order chi connectivity index (χ0) is 18.7. The molecule has 5 nitrogen and oxygen atoms in total. The number of carbonyl (C=O) groups excluding carboxylic acids is 1. The van der Waals surface area contributed by atoms with Crippen LogP contribution in [0.25, 0.3) is 0 Å². The maximum atomic E-state index is 13.2. The van der Waals surface area contributed by atoms with E-state index in [4.69, 9.17) is 16.3 Å². The molecular formula is C19H20ClNO4S. The van der Waals surface area contributed by atoms with Gasteiger partial charge in [0.05, 0.1) is 23.5 Å². The van der Waals surface area contributed by atoms with Crippen LogP contribution in [0, 0.1) is 5.92 Å². The van der Waals surface area contributed by atoms with E-state index >= 15 is 0 Å². The first-order valence-corrected chi connectivity index (χ1v) is 10.3. The first kappa shape index (κ1) is 18.9. The topological polar surface area (TPSA) is 63.7 Å². The lowest BCUT2D eigenvalue weighted by Gasteiger charge is -2.27. The van der Waals surface area contributed by atoms with Crippen LogP contribution in [0.1, 0.15) is 24.9 Å². The van der Waals surface area contributed by atoms with Crippen molar-refractivity contribution in [3.63, 3.8) is 0 Å². The number of halogens is 1. The van der Waals surface area contributed by atoms with Crippen molar-refractivity contribution in [1.29, 1.82) is 0 Å². The third-order valence-electron chi connectivity index (χ3n) is 4.50. The van der Waals surface area contributed by atoms with Gasteiger partial charge in [-0.1, -0.05) is 41.9 Å². The van der Waals surface area contributed by atoms with Gasteiger partial charge in [-0.15, -0.1) is 0 Å². The Morgan fingerprint density at radius 3 is 2.42 bits per heavy atom. The maximum Gasteiger partial charge on any atom is 0.310 e. The molecule has 2 unspecified atom stereocenters. The van der Waals surface area contributed by atoms with Crippen molar-refractivity contribution >= 4 is 27.6 Å². The highest BCUT2D eigenvalue weighted by Crippen LogP contribution is 2.41. The Balaban J connectivity index is 2.02. The van der Waals surface area contributed by atoms with Gasteiger partial charge in [0, 0.05) is 11.6 Å². The Hall–Kier alpha value is -1.89. The van der Waals surface area contributed by atoms with Gasteiger partial charge in [-0.25, -0.2) is 8.42 Å². The number of sulfonamides is 1. The number of benzene rings is 2. The van der Waals surface area contributed by atoms with Crippen LogP contribution in [-0.4, -0.2) is 31.8 Å². The third-order valence-corrected chi connectivity index (χ3v) is 6.65. The first-order chi connectivity index (χ1) is 12.4. The molecular weight excluding hydrogens is 374 g/mol. The van der Waals surface area contributed by atoms with E-state index in [0.717, 1.165) is 5.56 Å². The molecule has 1 aliphatic heterocycles. The van der Waals surface area contributed by atoms with Crippen molar-refractivity contribution in [2.45, 2.75) is 24.3 Å². The summed E-state index contributed by atoms with van der Waals surface area (Å²) >= 11 is 5.88. The molecule has 26 heavy (non-hydrogen) atoms. The molecule has 2 aromatic rings. The summed E-state index contributed by atoms with van der Waals surface area (Å²) in [5.74, 6) is -0.894. The molecule has 2 aromatic carbocycles. The van der Waals surface area contributed by atoms with Gasteiger partial charge in [0.2, 0.25) is 10.0 Å². The van der Waals surface area contributed by atoms with E-state index in [0.29, 0.717) is 11.4 Å². The van der Waals surface area contributed by atoms with Gasteiger partial charge in [0.15, 0.2) is 0 Å². The number of nitrogens with zero attached hydrogens (tertiary/aromatic N) is 1. The molecule has 0 spiro atoms. The molecule has 1 saturated heterocycles. The molecule has 1 heterocycles. The molecule has 0 aromatic heterocycles. The van der Waals surface area contributed by atoms with Crippen LogP contribution in [0.4, 0.5) is 0 Å². The smallest absolute Gasteiger partial charge is 0.310 e. The number of hydrogen-bond donors (Lipinski definition) is 0. The molecule has 0 amide bonds. The van der Waals surface area contributed by atoms with Gasteiger partial charge in [-0.05, 0) is 43.2 Å². The Bertz CT molecular complexity index is 868. The quantitative estimate of drug-likeness (QED) is 0.727. The minimum atomic E-state index is -3.77. The molecule has 0 aliphatic carbocycles. The highest BCUT2D eigenvalue weighted by molar-refractivity contribution is 7.89. The summed E-state index contributed by atoms with van der Waals surface area (Å²) in [4.78, 5) is 12.6. The van der Waals surface area contributed by atoms with Crippen molar-refractivity contribution in [3.8, 4) is 0 Å². The van der Waals surface area contributed by atoms with Crippen LogP contribution in [-0.2, 0) is 19.6 Å². The number of carbonyl (C=O) groups is 1. The molecule has 3 rings (SSSR count). The summed E-state index contributed by atoms with van der Waals surface area (Å²) in [5.41, 5.74) is 0.778. The van der Waals surface area contributed by atoms with Crippen molar-refractivity contribution < 1.29 is 17.9 Å². The monoisotopic (exact) mass is 393 g/mol. The second kappa shape index (κ2) is 7.78. The van der Waals surface area contributed by atoms with Crippen LogP contribution in [0.5, 0.6) is 0 Å². The summed E-state index contributed by atoms with van der Waals surface area (Å²) in [6.07, 6.45) is 0.422. The van der Waals surface area contributed by atoms with E-state index in [1.165, 1.54) is 16.4 Å². The van der Waals surface area contributed by atoms with E-state index in [-0.39, 0.29) is 24.0 Å². The number of hydrogen-bond acceptors (Lipinski definition) is 4. The zero-order valence-electron chi connectivity index (χ0n) is 14.3. The highest BCUT2D eigenvalue weighted by Gasteiger charge is 2.46. The average molecular weight is 394 g/mol. The number of rotatable bonds is 5. The standard InChI is InChI=1S/C19H20ClNO4S/c1-2-25-19(22)17-12-13-21(18(17)14-6-4-3-5-7-14)26(23,24)16-10-8-15(20)9-11-16/h3-11,17-18H,2,12-13H2,1H3. The van der Waals surface area contributed by atoms with E-state index < -0.39 is 22.0 Å². The number of esters is 1. The van der Waals surface area contributed by atoms with Crippen LogP contribution < -0.4 is 0 Å². The van der Waals surface area contributed by atoms with Gasteiger partial charge >= 0.3 is 5.97 Å². The predicted octanol–water partition coefficient (Wildman–Crippen LogP) is 3.66. The molecule has 1 fully saturated rings. The molecule has 7 heteroatoms. The van der Waals surface area contributed by atoms with Gasteiger partial charge in [0.1, 0.15) is 0 Å². The van der Waals surface area contributed by atoms with E-state index in [1.54, 1.807) is 19.1 Å². The molecule has 138 valence electrons. The molecule has 1 aliphatic rings. The molecule has 2 atom stereocenters. The fourth-order valence-electron chi connectivity index (χ4n) is 3.32. The van der Waals surface area contributed by atoms with Crippen molar-refractivity contribution in [2.24, 2.45) is 5.92 Å². The molecule has 0 N–H and O–H groups in total. The van der Waals surface area contributed by atoms with Crippen LogP contribution in [0.2, 0.25) is 5.02 Å². The third kappa shape index (κ3) is 3.63. The predicted molar refractivity (Wildman–Crippen MR) is 99.3 cm³/mol. The van der Waals surface area contributed by atoms with Gasteiger partial charge in [-0.2, -0.15) is 4.31 Å². The SMILES string of the molecule is CCOC(=O)C1CCN(S(=O)(=O)c2ccc(Cl)cc2)C1c1ccccc1. The summed E-state index contributed by atoms with van der Waals surface area (Å²) < 4.78 is 33.0. The largest absolute Gasteiger partial charge is 0.466 e. The Morgan fingerprint density at radius 2 is 1.81 bits per heavy atom. The van der Waals surface area contributed by atoms with Gasteiger partial charge in [-0.3, -0.25) is 4.79 Å². The maximum absolute atomic E-state index is 13.2. The summed E-state index contributed by atoms with van der Waals surface area (Å²) in [6.45, 7) is 2.27. The highest BCUT2D eigenvalue weighted by atomic mass is 35.5. The van der Waals surface area contributed by atoms with Gasteiger partial charge < -0.3 is 4.74 Å². The lowest BCUT2D eigenvalue weighted by atomic mass is 9.94.